The Morgan fingerprint density at radius 2 is 2.00 bits per heavy atom. The van der Waals surface area contributed by atoms with Crippen molar-refractivity contribution in [1.29, 1.82) is 0 Å². The average molecular weight is 426 g/mol. The normalized spacial score (nSPS) is 12.4. The number of carbonyl (C=O) groups excluding carboxylic acids is 1. The maximum Gasteiger partial charge on any atom is 0.277 e. The van der Waals surface area contributed by atoms with Gasteiger partial charge in [-0.3, -0.25) is 4.79 Å². The summed E-state index contributed by atoms with van der Waals surface area (Å²) in [5.74, 6) is 1.53. The van der Waals surface area contributed by atoms with Gasteiger partial charge in [0.25, 0.3) is 5.91 Å². The molecule has 0 unspecified atom stereocenters. The van der Waals surface area contributed by atoms with Gasteiger partial charge in [0.1, 0.15) is 5.75 Å². The number of hydrazone groups is 1. The van der Waals surface area contributed by atoms with E-state index in [4.69, 9.17) is 25.8 Å². The van der Waals surface area contributed by atoms with Crippen molar-refractivity contribution in [3.05, 3.63) is 70.5 Å². The second kappa shape index (κ2) is 8.51. The summed E-state index contributed by atoms with van der Waals surface area (Å²) in [7, 11) is 0. The first-order chi connectivity index (χ1) is 14.5. The molecule has 7 nitrogen and oxygen atoms in total. The highest BCUT2D eigenvalue weighted by Gasteiger charge is 2.16. The van der Waals surface area contributed by atoms with Crippen LogP contribution >= 0.6 is 11.6 Å². The van der Waals surface area contributed by atoms with E-state index < -0.39 is 0 Å². The number of nitrogens with one attached hydrogen (secondary N) is 1. The summed E-state index contributed by atoms with van der Waals surface area (Å²) in [6.07, 6.45) is 1.61. The number of nitrogens with zero attached hydrogens (tertiary/aromatic N) is 2. The zero-order valence-corrected chi connectivity index (χ0v) is 17.3. The molecule has 3 aromatic rings. The topological polar surface area (TPSA) is 74.1 Å². The number of aromatic nitrogens is 1. The van der Waals surface area contributed by atoms with Crippen LogP contribution in [0.15, 0.2) is 53.6 Å². The Morgan fingerprint density at radius 3 is 2.83 bits per heavy atom. The van der Waals surface area contributed by atoms with Crippen LogP contribution < -0.4 is 19.6 Å². The Morgan fingerprint density at radius 1 is 1.20 bits per heavy atom. The van der Waals surface area contributed by atoms with Crippen molar-refractivity contribution in [2.24, 2.45) is 5.10 Å². The van der Waals surface area contributed by atoms with Crippen molar-refractivity contribution < 1.29 is 19.0 Å². The third kappa shape index (κ3) is 4.11. The van der Waals surface area contributed by atoms with Crippen molar-refractivity contribution in [3.63, 3.8) is 0 Å². The molecule has 1 aliphatic rings. The molecule has 0 bridgehead atoms. The minimum absolute atomic E-state index is 0.183. The lowest BCUT2D eigenvalue weighted by Gasteiger charge is -2.10. The van der Waals surface area contributed by atoms with E-state index in [-0.39, 0.29) is 19.3 Å². The van der Waals surface area contributed by atoms with Crippen LogP contribution in [0.1, 0.15) is 17.0 Å². The number of hydrogen-bond acceptors (Lipinski definition) is 5. The fourth-order valence-corrected chi connectivity index (χ4v) is 3.44. The van der Waals surface area contributed by atoms with Crippen molar-refractivity contribution in [1.82, 2.24) is 9.99 Å². The van der Waals surface area contributed by atoms with Crippen LogP contribution in [-0.2, 0) is 4.79 Å². The highest BCUT2D eigenvalue weighted by atomic mass is 35.5. The number of amides is 1. The predicted molar refractivity (Wildman–Crippen MR) is 114 cm³/mol. The summed E-state index contributed by atoms with van der Waals surface area (Å²) in [6.45, 7) is 4.05. The van der Waals surface area contributed by atoms with Crippen LogP contribution in [0.4, 0.5) is 0 Å². The molecule has 0 fully saturated rings. The molecule has 1 aliphatic heterocycles. The van der Waals surface area contributed by atoms with Crippen LogP contribution in [0, 0.1) is 13.8 Å². The summed E-state index contributed by atoms with van der Waals surface area (Å²) in [6, 6.07) is 14.8. The maximum atomic E-state index is 12.0. The number of para-hydroxylation sites is 1. The van der Waals surface area contributed by atoms with Gasteiger partial charge in [0.15, 0.2) is 18.1 Å². The third-order valence-electron chi connectivity index (χ3n) is 4.67. The summed E-state index contributed by atoms with van der Waals surface area (Å²) in [5.41, 5.74) is 6.33. The van der Waals surface area contributed by atoms with Crippen LogP contribution in [0.3, 0.4) is 0 Å². The highest BCUT2D eigenvalue weighted by Crippen LogP contribution is 2.34. The first-order valence-corrected chi connectivity index (χ1v) is 9.69. The van der Waals surface area contributed by atoms with Crippen LogP contribution in [-0.4, -0.2) is 30.1 Å². The van der Waals surface area contributed by atoms with Gasteiger partial charge in [0.2, 0.25) is 6.79 Å². The summed E-state index contributed by atoms with van der Waals surface area (Å²) in [5, 5.41) is 4.50. The zero-order valence-electron chi connectivity index (χ0n) is 16.5. The Bertz CT molecular complexity index is 1120. The second-order valence-electron chi connectivity index (χ2n) is 6.71. The lowest BCUT2D eigenvalue weighted by molar-refractivity contribution is -0.123. The van der Waals surface area contributed by atoms with Gasteiger partial charge in [0.05, 0.1) is 11.2 Å². The van der Waals surface area contributed by atoms with Gasteiger partial charge in [-0.1, -0.05) is 23.7 Å². The molecule has 0 saturated heterocycles. The fraction of sp³-hybridized carbons (Fsp3) is 0.182. The molecular formula is C22H20ClN3O4. The number of hydrogen-bond donors (Lipinski definition) is 1. The number of benzene rings is 2. The minimum atomic E-state index is -0.379. The van der Waals surface area contributed by atoms with Gasteiger partial charge in [-0.2, -0.15) is 5.10 Å². The number of carbonyl (C=O) groups is 1. The molecule has 30 heavy (non-hydrogen) atoms. The largest absolute Gasteiger partial charge is 0.482 e. The van der Waals surface area contributed by atoms with E-state index in [9.17, 15) is 4.79 Å². The molecule has 2 aromatic carbocycles. The SMILES string of the molecule is Cc1cc(/C=N\NC(=O)COc2ccccc2Cl)c(C)n1-c1ccc2c(c1)OCO2. The molecule has 0 saturated carbocycles. The minimum Gasteiger partial charge on any atom is -0.482 e. The van der Waals surface area contributed by atoms with Gasteiger partial charge in [-0.15, -0.1) is 0 Å². The van der Waals surface area contributed by atoms with E-state index >= 15 is 0 Å². The monoisotopic (exact) mass is 425 g/mol. The molecule has 0 aliphatic carbocycles. The molecule has 0 radical (unpaired) electrons. The van der Waals surface area contributed by atoms with E-state index in [1.807, 2.05) is 38.1 Å². The maximum absolute atomic E-state index is 12.0. The van der Waals surface area contributed by atoms with E-state index in [0.717, 1.165) is 34.1 Å². The molecule has 0 atom stereocenters. The van der Waals surface area contributed by atoms with Gasteiger partial charge >= 0.3 is 0 Å². The number of halogens is 1. The number of fused-ring (bicyclic) bond motifs is 1. The standard InChI is InChI=1S/C22H20ClN3O4/c1-14-9-16(11-24-25-22(27)12-28-19-6-4-3-5-18(19)23)15(2)26(14)17-7-8-20-21(10-17)30-13-29-20/h3-11H,12-13H2,1-2H3,(H,25,27)/b24-11-. The number of aryl methyl sites for hydroxylation is 1. The molecule has 8 heteroatoms. The summed E-state index contributed by atoms with van der Waals surface area (Å²) < 4.78 is 18.3. The molecule has 1 amide bonds. The Labute approximate surface area is 178 Å². The third-order valence-corrected chi connectivity index (χ3v) is 4.99. The molecular weight excluding hydrogens is 406 g/mol. The first-order valence-electron chi connectivity index (χ1n) is 9.31. The lowest BCUT2D eigenvalue weighted by Crippen LogP contribution is -2.24. The first kappa shape index (κ1) is 19.8. The van der Waals surface area contributed by atoms with Crippen molar-refractivity contribution in [2.45, 2.75) is 13.8 Å². The smallest absolute Gasteiger partial charge is 0.277 e. The Balaban J connectivity index is 1.41. The lowest BCUT2D eigenvalue weighted by atomic mass is 10.2. The predicted octanol–water partition coefficient (Wildman–Crippen LogP) is 4.01. The van der Waals surface area contributed by atoms with Crippen molar-refractivity contribution >= 4 is 23.7 Å². The van der Waals surface area contributed by atoms with Crippen LogP contribution in [0.2, 0.25) is 5.02 Å². The highest BCUT2D eigenvalue weighted by molar-refractivity contribution is 6.32. The number of ether oxygens (including phenoxy) is 3. The van der Waals surface area contributed by atoms with Gasteiger partial charge in [-0.05, 0) is 44.2 Å². The van der Waals surface area contributed by atoms with Crippen LogP contribution in [0.25, 0.3) is 5.69 Å². The summed E-state index contributed by atoms with van der Waals surface area (Å²) >= 11 is 6.00. The number of rotatable bonds is 6. The van der Waals surface area contributed by atoms with Gasteiger partial charge in [0, 0.05) is 28.7 Å². The molecule has 4 rings (SSSR count). The van der Waals surface area contributed by atoms with Gasteiger partial charge < -0.3 is 18.8 Å². The quantitative estimate of drug-likeness (QED) is 0.478. The van der Waals surface area contributed by atoms with Gasteiger partial charge in [-0.25, -0.2) is 5.43 Å². The zero-order chi connectivity index (χ0) is 21.1. The molecule has 154 valence electrons. The second-order valence-corrected chi connectivity index (χ2v) is 7.12. The van der Waals surface area contributed by atoms with Crippen molar-refractivity contribution in [2.75, 3.05) is 13.4 Å². The van der Waals surface area contributed by atoms with E-state index in [1.165, 1.54) is 0 Å². The summed E-state index contributed by atoms with van der Waals surface area (Å²) in [4.78, 5) is 12.0. The van der Waals surface area contributed by atoms with Crippen LogP contribution in [0.5, 0.6) is 17.2 Å². The molecule has 2 heterocycles. The van der Waals surface area contributed by atoms with E-state index in [1.54, 1.807) is 30.5 Å². The Kier molecular flexibility index (Phi) is 5.63. The Hall–Kier alpha value is -3.45. The molecule has 0 spiro atoms. The van der Waals surface area contributed by atoms with E-state index in [0.29, 0.717) is 10.8 Å². The van der Waals surface area contributed by atoms with E-state index in [2.05, 4.69) is 15.1 Å². The van der Waals surface area contributed by atoms with Crippen molar-refractivity contribution in [3.8, 4) is 22.9 Å². The molecule has 1 N–H and O–H groups in total. The fourth-order valence-electron chi connectivity index (χ4n) is 3.25. The average Bonchev–Trinajstić information content (AvgIpc) is 3.31. The molecule has 1 aromatic heterocycles.